The van der Waals surface area contributed by atoms with Crippen molar-refractivity contribution in [1.82, 2.24) is 9.88 Å². The van der Waals surface area contributed by atoms with Crippen LogP contribution in [0.1, 0.15) is 24.3 Å². The van der Waals surface area contributed by atoms with E-state index in [0.29, 0.717) is 0 Å². The van der Waals surface area contributed by atoms with E-state index in [-0.39, 0.29) is 0 Å². The van der Waals surface area contributed by atoms with Gasteiger partial charge in [0.15, 0.2) is 0 Å². The molecule has 2 rings (SSSR count). The second kappa shape index (κ2) is 4.55. The van der Waals surface area contributed by atoms with Crippen LogP contribution < -0.4 is 0 Å². The van der Waals surface area contributed by atoms with Crippen molar-refractivity contribution < 1.29 is 0 Å². The highest BCUT2D eigenvalue weighted by Crippen LogP contribution is 2.12. The Morgan fingerprint density at radius 1 is 1.50 bits per heavy atom. The van der Waals surface area contributed by atoms with Gasteiger partial charge in [-0.05, 0) is 12.8 Å². The maximum atomic E-state index is 7.78. The molecular weight excluding hydrogens is 194 g/mol. The monoisotopic (exact) mass is 209 g/mol. The minimum Gasteiger partial charge on any atom is -0.360 e. The summed E-state index contributed by atoms with van der Waals surface area (Å²) in [6.07, 6.45) is 6.21. The smallest absolute Gasteiger partial charge is 0.0957 e. The summed E-state index contributed by atoms with van der Waals surface area (Å²) >= 11 is 1.70. The summed E-state index contributed by atoms with van der Waals surface area (Å²) in [6, 6.07) is 0. The molecule has 1 aliphatic rings. The second-order valence-corrected chi connectivity index (χ2v) is 4.55. The first-order chi connectivity index (χ1) is 6.86. The SMILES string of the molecule is N=C1CCCCN1CCc1nccs1. The van der Waals surface area contributed by atoms with Crippen LogP contribution in [0.25, 0.3) is 0 Å². The van der Waals surface area contributed by atoms with Crippen LogP contribution in [0, 0.1) is 5.41 Å². The number of likely N-dealkylation sites (tertiary alicyclic amines) is 1. The van der Waals surface area contributed by atoms with E-state index in [2.05, 4.69) is 9.88 Å². The lowest BCUT2D eigenvalue weighted by Crippen LogP contribution is -2.36. The van der Waals surface area contributed by atoms with Gasteiger partial charge in [-0.3, -0.25) is 5.41 Å². The molecule has 0 unspecified atom stereocenters. The zero-order valence-corrected chi connectivity index (χ0v) is 9.02. The number of piperidine rings is 1. The van der Waals surface area contributed by atoms with Crippen LogP contribution >= 0.6 is 11.3 Å². The van der Waals surface area contributed by atoms with E-state index >= 15 is 0 Å². The van der Waals surface area contributed by atoms with Crippen molar-refractivity contribution in [2.24, 2.45) is 0 Å². The fourth-order valence-corrected chi connectivity index (χ4v) is 2.35. The van der Waals surface area contributed by atoms with Crippen molar-refractivity contribution in [2.45, 2.75) is 25.7 Å². The van der Waals surface area contributed by atoms with E-state index in [0.717, 1.165) is 31.8 Å². The van der Waals surface area contributed by atoms with Crippen molar-refractivity contribution in [3.8, 4) is 0 Å². The third-order valence-corrected chi connectivity index (χ3v) is 3.39. The number of thiazole rings is 1. The molecule has 1 aromatic rings. The Kier molecular flexibility index (Phi) is 3.14. The molecule has 1 saturated heterocycles. The van der Waals surface area contributed by atoms with Gasteiger partial charge in [-0.1, -0.05) is 0 Å². The van der Waals surface area contributed by atoms with E-state index in [1.165, 1.54) is 17.8 Å². The van der Waals surface area contributed by atoms with Gasteiger partial charge in [-0.15, -0.1) is 11.3 Å². The van der Waals surface area contributed by atoms with Crippen LogP contribution in [0.5, 0.6) is 0 Å². The quantitative estimate of drug-likeness (QED) is 0.828. The fraction of sp³-hybridized carbons (Fsp3) is 0.600. The van der Waals surface area contributed by atoms with Gasteiger partial charge in [0.25, 0.3) is 0 Å². The Hall–Kier alpha value is -0.900. The second-order valence-electron chi connectivity index (χ2n) is 3.57. The van der Waals surface area contributed by atoms with Crippen molar-refractivity contribution in [3.63, 3.8) is 0 Å². The summed E-state index contributed by atoms with van der Waals surface area (Å²) in [5.41, 5.74) is 0. The van der Waals surface area contributed by atoms with Gasteiger partial charge in [0.05, 0.1) is 10.8 Å². The number of hydrogen-bond acceptors (Lipinski definition) is 3. The largest absolute Gasteiger partial charge is 0.360 e. The summed E-state index contributed by atoms with van der Waals surface area (Å²) in [5, 5.41) is 11.0. The fourth-order valence-electron chi connectivity index (χ4n) is 1.74. The molecule has 1 N–H and O–H groups in total. The first-order valence-corrected chi connectivity index (χ1v) is 5.95. The normalized spacial score (nSPS) is 17.4. The lowest BCUT2D eigenvalue weighted by atomic mass is 10.1. The Balaban J connectivity index is 1.82. The number of nitrogens with zero attached hydrogens (tertiary/aromatic N) is 2. The molecular formula is C10H15N3S. The van der Waals surface area contributed by atoms with Crippen LogP contribution in [-0.2, 0) is 6.42 Å². The minimum absolute atomic E-state index is 0.813. The van der Waals surface area contributed by atoms with Crippen molar-refractivity contribution in [3.05, 3.63) is 16.6 Å². The Morgan fingerprint density at radius 2 is 2.43 bits per heavy atom. The van der Waals surface area contributed by atoms with Crippen LogP contribution in [0.3, 0.4) is 0 Å². The molecule has 0 aromatic carbocycles. The van der Waals surface area contributed by atoms with E-state index in [1.54, 1.807) is 11.3 Å². The highest BCUT2D eigenvalue weighted by atomic mass is 32.1. The van der Waals surface area contributed by atoms with Gasteiger partial charge >= 0.3 is 0 Å². The highest BCUT2D eigenvalue weighted by Gasteiger charge is 2.14. The molecule has 0 spiro atoms. The summed E-state index contributed by atoms with van der Waals surface area (Å²) in [7, 11) is 0. The van der Waals surface area contributed by atoms with Crippen LogP contribution in [-0.4, -0.2) is 28.8 Å². The average molecular weight is 209 g/mol. The lowest BCUT2D eigenvalue weighted by molar-refractivity contribution is 0.370. The summed E-state index contributed by atoms with van der Waals surface area (Å²) < 4.78 is 0. The number of hydrogen-bond donors (Lipinski definition) is 1. The molecule has 4 heteroatoms. The summed E-state index contributed by atoms with van der Waals surface area (Å²) in [6.45, 7) is 2.02. The molecule has 76 valence electrons. The van der Waals surface area contributed by atoms with E-state index in [9.17, 15) is 0 Å². The molecule has 0 saturated carbocycles. The van der Waals surface area contributed by atoms with Crippen molar-refractivity contribution >= 4 is 17.2 Å². The third-order valence-electron chi connectivity index (χ3n) is 2.55. The van der Waals surface area contributed by atoms with E-state index in [4.69, 9.17) is 5.41 Å². The average Bonchev–Trinajstić information content (AvgIpc) is 2.69. The minimum atomic E-state index is 0.813. The van der Waals surface area contributed by atoms with Gasteiger partial charge in [-0.25, -0.2) is 4.98 Å². The summed E-state index contributed by atoms with van der Waals surface area (Å²) in [5.74, 6) is 0.813. The zero-order valence-electron chi connectivity index (χ0n) is 8.20. The standard InChI is InChI=1S/C10H15N3S/c11-9-3-1-2-6-13(9)7-4-10-12-5-8-14-10/h5,8,11H,1-4,6-7H2. The molecule has 2 heterocycles. The molecule has 3 nitrogen and oxygen atoms in total. The van der Waals surface area contributed by atoms with Gasteiger partial charge < -0.3 is 4.90 Å². The topological polar surface area (TPSA) is 40.0 Å². The Morgan fingerprint density at radius 3 is 3.14 bits per heavy atom. The zero-order chi connectivity index (χ0) is 9.80. The number of rotatable bonds is 3. The molecule has 0 amide bonds. The molecule has 1 aromatic heterocycles. The molecule has 0 aliphatic carbocycles. The molecule has 14 heavy (non-hydrogen) atoms. The van der Waals surface area contributed by atoms with Gasteiger partial charge in [0, 0.05) is 37.5 Å². The summed E-state index contributed by atoms with van der Waals surface area (Å²) in [4.78, 5) is 6.43. The van der Waals surface area contributed by atoms with Crippen molar-refractivity contribution in [1.29, 1.82) is 5.41 Å². The molecule has 1 aliphatic heterocycles. The molecule has 1 fully saturated rings. The van der Waals surface area contributed by atoms with Gasteiger partial charge in [0.1, 0.15) is 0 Å². The van der Waals surface area contributed by atoms with Gasteiger partial charge in [0.2, 0.25) is 0 Å². The lowest BCUT2D eigenvalue weighted by Gasteiger charge is -2.28. The molecule has 0 bridgehead atoms. The van der Waals surface area contributed by atoms with Crippen LogP contribution in [0.2, 0.25) is 0 Å². The number of nitrogens with one attached hydrogen (secondary N) is 1. The predicted octanol–water partition coefficient (Wildman–Crippen LogP) is 2.15. The first-order valence-electron chi connectivity index (χ1n) is 5.07. The molecule has 0 atom stereocenters. The van der Waals surface area contributed by atoms with Crippen LogP contribution in [0.15, 0.2) is 11.6 Å². The van der Waals surface area contributed by atoms with E-state index < -0.39 is 0 Å². The first kappa shape index (κ1) is 9.65. The Bertz CT molecular complexity index is 294. The number of amidine groups is 1. The van der Waals surface area contributed by atoms with Crippen molar-refractivity contribution in [2.75, 3.05) is 13.1 Å². The van der Waals surface area contributed by atoms with Crippen LogP contribution in [0.4, 0.5) is 0 Å². The Labute approximate surface area is 88.3 Å². The maximum Gasteiger partial charge on any atom is 0.0957 e. The van der Waals surface area contributed by atoms with E-state index in [1.807, 2.05) is 11.6 Å². The third kappa shape index (κ3) is 2.32. The van der Waals surface area contributed by atoms with Gasteiger partial charge in [-0.2, -0.15) is 0 Å². The number of aromatic nitrogens is 1. The highest BCUT2D eigenvalue weighted by molar-refractivity contribution is 7.09. The molecule has 0 radical (unpaired) electrons. The predicted molar refractivity (Wildman–Crippen MR) is 59.0 cm³/mol. The maximum absolute atomic E-state index is 7.78.